The molecule has 0 aliphatic carbocycles. The second kappa shape index (κ2) is 7.93. The summed E-state index contributed by atoms with van der Waals surface area (Å²) in [6, 6.07) is 9.70. The van der Waals surface area contributed by atoms with Gasteiger partial charge in [0, 0.05) is 12.6 Å². The molecule has 2 atom stereocenters. The van der Waals surface area contributed by atoms with Crippen molar-refractivity contribution in [1.82, 2.24) is 10.2 Å². The molecule has 4 nitrogen and oxygen atoms in total. The number of benzene rings is 1. The van der Waals surface area contributed by atoms with Crippen LogP contribution in [0.3, 0.4) is 0 Å². The first-order chi connectivity index (χ1) is 10.9. The van der Waals surface area contributed by atoms with Crippen molar-refractivity contribution in [3.8, 4) is 0 Å². The number of aliphatic hydroxyl groups is 1. The van der Waals surface area contributed by atoms with Gasteiger partial charge in [-0.05, 0) is 51.3 Å². The lowest BCUT2D eigenvalue weighted by atomic mass is 9.92. The van der Waals surface area contributed by atoms with Gasteiger partial charge in [0.15, 0.2) is 0 Å². The predicted octanol–water partition coefficient (Wildman–Crippen LogP) is 2.52. The minimum atomic E-state index is -1.13. The maximum Gasteiger partial charge on any atom is 0.223 e. The maximum atomic E-state index is 12.2. The number of carbonyl (C=O) groups excluding carboxylic acids is 1. The maximum absolute atomic E-state index is 12.2. The summed E-state index contributed by atoms with van der Waals surface area (Å²) in [6.07, 6.45) is 2.56. The van der Waals surface area contributed by atoms with Crippen LogP contribution in [0, 0.1) is 5.92 Å². The molecule has 2 unspecified atom stereocenters. The number of hydrogen-bond donors (Lipinski definition) is 2. The Hall–Kier alpha value is -1.39. The molecule has 128 valence electrons. The van der Waals surface area contributed by atoms with E-state index in [1.807, 2.05) is 30.3 Å². The fraction of sp³-hybridized carbons (Fsp3) is 0.632. The van der Waals surface area contributed by atoms with Crippen LogP contribution in [0.25, 0.3) is 0 Å². The van der Waals surface area contributed by atoms with Gasteiger partial charge in [0.2, 0.25) is 5.91 Å². The number of carbonyl (C=O) groups is 1. The van der Waals surface area contributed by atoms with E-state index in [0.717, 1.165) is 24.6 Å². The van der Waals surface area contributed by atoms with Gasteiger partial charge in [-0.25, -0.2) is 0 Å². The van der Waals surface area contributed by atoms with Crippen LogP contribution in [0.1, 0.15) is 45.6 Å². The van der Waals surface area contributed by atoms with Crippen LogP contribution in [-0.4, -0.2) is 41.6 Å². The molecular formula is C19H30N2O2. The fourth-order valence-corrected chi connectivity index (χ4v) is 3.13. The molecule has 0 radical (unpaired) electrons. The Morgan fingerprint density at radius 1 is 1.35 bits per heavy atom. The van der Waals surface area contributed by atoms with Crippen molar-refractivity contribution in [2.75, 3.05) is 19.6 Å². The van der Waals surface area contributed by atoms with Crippen molar-refractivity contribution in [3.05, 3.63) is 35.9 Å². The largest absolute Gasteiger partial charge is 0.385 e. The SMILES string of the molecule is CC1CCN(C(C)CNC(=O)CC(C)(O)c2ccccc2)CC1. The second-order valence-electron chi connectivity index (χ2n) is 7.19. The van der Waals surface area contributed by atoms with Gasteiger partial charge in [-0.1, -0.05) is 37.3 Å². The number of piperidine rings is 1. The summed E-state index contributed by atoms with van der Waals surface area (Å²) in [5, 5.41) is 13.5. The van der Waals surface area contributed by atoms with E-state index in [-0.39, 0.29) is 12.3 Å². The molecule has 0 aromatic heterocycles. The monoisotopic (exact) mass is 318 g/mol. The van der Waals surface area contributed by atoms with Gasteiger partial charge in [0.1, 0.15) is 0 Å². The highest BCUT2D eigenvalue weighted by molar-refractivity contribution is 5.77. The summed E-state index contributed by atoms with van der Waals surface area (Å²) in [5.74, 6) is 0.713. The first-order valence-corrected chi connectivity index (χ1v) is 8.67. The lowest BCUT2D eigenvalue weighted by Crippen LogP contribution is -2.46. The van der Waals surface area contributed by atoms with Crippen LogP contribution < -0.4 is 5.32 Å². The van der Waals surface area contributed by atoms with Gasteiger partial charge in [-0.3, -0.25) is 9.69 Å². The molecule has 4 heteroatoms. The molecule has 1 aliphatic heterocycles. The number of nitrogens with one attached hydrogen (secondary N) is 1. The molecule has 2 N–H and O–H groups in total. The van der Waals surface area contributed by atoms with E-state index >= 15 is 0 Å². The van der Waals surface area contributed by atoms with Crippen LogP contribution in [0.15, 0.2) is 30.3 Å². The van der Waals surface area contributed by atoms with Crippen molar-refractivity contribution >= 4 is 5.91 Å². The van der Waals surface area contributed by atoms with Crippen LogP contribution in [-0.2, 0) is 10.4 Å². The Bertz CT molecular complexity index is 493. The standard InChI is InChI=1S/C19H30N2O2/c1-15-9-11-21(12-10-15)16(2)14-20-18(22)13-19(3,23)17-7-5-4-6-8-17/h4-8,15-16,23H,9-14H2,1-3H3,(H,20,22). The number of likely N-dealkylation sites (tertiary alicyclic amines) is 1. The number of rotatable bonds is 6. The minimum absolute atomic E-state index is 0.0841. The molecule has 0 saturated carbocycles. The lowest BCUT2D eigenvalue weighted by Gasteiger charge is -2.35. The summed E-state index contributed by atoms with van der Waals surface area (Å²) in [7, 11) is 0. The first-order valence-electron chi connectivity index (χ1n) is 8.67. The van der Waals surface area contributed by atoms with E-state index in [4.69, 9.17) is 0 Å². The van der Waals surface area contributed by atoms with Crippen LogP contribution in [0.4, 0.5) is 0 Å². The van der Waals surface area contributed by atoms with E-state index < -0.39 is 5.60 Å². The zero-order valence-corrected chi connectivity index (χ0v) is 14.6. The van der Waals surface area contributed by atoms with Crippen molar-refractivity contribution < 1.29 is 9.90 Å². The third-order valence-corrected chi connectivity index (χ3v) is 4.94. The normalized spacial score (nSPS) is 20.7. The highest BCUT2D eigenvalue weighted by Crippen LogP contribution is 2.24. The third-order valence-electron chi connectivity index (χ3n) is 4.94. The molecule has 2 rings (SSSR count). The third kappa shape index (κ3) is 5.33. The number of nitrogens with zero attached hydrogens (tertiary/aromatic N) is 1. The Morgan fingerprint density at radius 2 is 1.96 bits per heavy atom. The molecule has 1 amide bonds. The zero-order valence-electron chi connectivity index (χ0n) is 14.6. The van der Waals surface area contributed by atoms with Crippen molar-refractivity contribution in [2.45, 2.75) is 51.7 Å². The molecule has 1 fully saturated rings. The Kier molecular flexibility index (Phi) is 6.19. The Morgan fingerprint density at radius 3 is 2.57 bits per heavy atom. The van der Waals surface area contributed by atoms with Gasteiger partial charge >= 0.3 is 0 Å². The van der Waals surface area contributed by atoms with Gasteiger partial charge < -0.3 is 10.4 Å². The lowest BCUT2D eigenvalue weighted by molar-refractivity contribution is -0.126. The molecular weight excluding hydrogens is 288 g/mol. The van der Waals surface area contributed by atoms with Crippen molar-refractivity contribution in [1.29, 1.82) is 0 Å². The van der Waals surface area contributed by atoms with Crippen LogP contribution in [0.5, 0.6) is 0 Å². The summed E-state index contributed by atoms with van der Waals surface area (Å²) >= 11 is 0. The quantitative estimate of drug-likeness (QED) is 0.847. The first kappa shape index (κ1) is 18.0. The van der Waals surface area contributed by atoms with Crippen molar-refractivity contribution in [3.63, 3.8) is 0 Å². The van der Waals surface area contributed by atoms with Gasteiger partial charge in [-0.2, -0.15) is 0 Å². The average molecular weight is 318 g/mol. The molecule has 1 aliphatic rings. The molecule has 1 aromatic rings. The minimum Gasteiger partial charge on any atom is -0.385 e. The van der Waals surface area contributed by atoms with Crippen LogP contribution >= 0.6 is 0 Å². The van der Waals surface area contributed by atoms with Gasteiger partial charge in [-0.15, -0.1) is 0 Å². The van der Waals surface area contributed by atoms with E-state index in [1.54, 1.807) is 6.92 Å². The molecule has 23 heavy (non-hydrogen) atoms. The van der Waals surface area contributed by atoms with E-state index in [1.165, 1.54) is 12.8 Å². The van der Waals surface area contributed by atoms with Gasteiger partial charge in [0.05, 0.1) is 12.0 Å². The highest BCUT2D eigenvalue weighted by Gasteiger charge is 2.27. The van der Waals surface area contributed by atoms with E-state index in [2.05, 4.69) is 24.1 Å². The molecule has 1 saturated heterocycles. The average Bonchev–Trinajstić information content (AvgIpc) is 2.54. The topological polar surface area (TPSA) is 52.6 Å². The molecule has 1 heterocycles. The Labute approximate surface area is 139 Å². The van der Waals surface area contributed by atoms with Crippen LogP contribution in [0.2, 0.25) is 0 Å². The van der Waals surface area contributed by atoms with E-state index in [0.29, 0.717) is 12.6 Å². The molecule has 0 spiro atoms. The van der Waals surface area contributed by atoms with Gasteiger partial charge in [0.25, 0.3) is 0 Å². The second-order valence-corrected chi connectivity index (χ2v) is 7.19. The molecule has 0 bridgehead atoms. The van der Waals surface area contributed by atoms with Crippen molar-refractivity contribution in [2.24, 2.45) is 5.92 Å². The Balaban J connectivity index is 1.78. The highest BCUT2D eigenvalue weighted by atomic mass is 16.3. The molecule has 1 aromatic carbocycles. The summed E-state index contributed by atoms with van der Waals surface area (Å²) in [5.41, 5.74) is -0.358. The summed E-state index contributed by atoms with van der Waals surface area (Å²) < 4.78 is 0. The predicted molar refractivity (Wildman–Crippen MR) is 93.1 cm³/mol. The van der Waals surface area contributed by atoms with E-state index in [9.17, 15) is 9.90 Å². The number of amides is 1. The zero-order chi connectivity index (χ0) is 16.9. The summed E-state index contributed by atoms with van der Waals surface area (Å²) in [6.45, 7) is 9.01. The smallest absolute Gasteiger partial charge is 0.223 e. The summed E-state index contributed by atoms with van der Waals surface area (Å²) in [4.78, 5) is 14.6. The fourth-order valence-electron chi connectivity index (χ4n) is 3.13. The number of hydrogen-bond acceptors (Lipinski definition) is 3.